The number of pyridine rings is 1. The molecule has 1 unspecified atom stereocenters. The lowest BCUT2D eigenvalue weighted by Crippen LogP contribution is -2.43. The Morgan fingerprint density at radius 1 is 1.58 bits per heavy atom. The van der Waals surface area contributed by atoms with E-state index in [1.165, 1.54) is 11.9 Å². The molecule has 0 bridgehead atoms. The second-order valence-corrected chi connectivity index (χ2v) is 4.25. The SMILES string of the molecule is C=CCCC(=O)N(C)C(Cc1cccnc1)C(=O)O. The summed E-state index contributed by atoms with van der Waals surface area (Å²) in [6.07, 6.45) is 5.94. The number of hydrogen-bond donors (Lipinski definition) is 1. The molecule has 5 nitrogen and oxygen atoms in total. The van der Waals surface area contributed by atoms with Crippen LogP contribution >= 0.6 is 0 Å². The molecule has 0 spiro atoms. The number of aliphatic carboxylic acids is 1. The summed E-state index contributed by atoms with van der Waals surface area (Å²) in [5.41, 5.74) is 0.790. The third-order valence-electron chi connectivity index (χ3n) is 2.86. The molecule has 0 saturated heterocycles. The number of aromatic nitrogens is 1. The van der Waals surface area contributed by atoms with Crippen molar-refractivity contribution in [3.63, 3.8) is 0 Å². The van der Waals surface area contributed by atoms with E-state index in [9.17, 15) is 14.7 Å². The molecule has 1 rings (SSSR count). The van der Waals surface area contributed by atoms with E-state index in [0.717, 1.165) is 5.56 Å². The van der Waals surface area contributed by atoms with E-state index in [4.69, 9.17) is 0 Å². The highest BCUT2D eigenvalue weighted by Crippen LogP contribution is 2.09. The molecular weight excluding hydrogens is 244 g/mol. The van der Waals surface area contributed by atoms with Crippen molar-refractivity contribution < 1.29 is 14.7 Å². The van der Waals surface area contributed by atoms with E-state index < -0.39 is 12.0 Å². The lowest BCUT2D eigenvalue weighted by molar-refractivity contribution is -0.149. The molecule has 0 aromatic carbocycles. The van der Waals surface area contributed by atoms with Crippen molar-refractivity contribution in [3.8, 4) is 0 Å². The summed E-state index contributed by atoms with van der Waals surface area (Å²) in [5, 5.41) is 9.24. The Morgan fingerprint density at radius 3 is 2.84 bits per heavy atom. The molecule has 0 fully saturated rings. The molecule has 0 aliphatic rings. The van der Waals surface area contributed by atoms with Crippen molar-refractivity contribution >= 4 is 11.9 Å². The van der Waals surface area contributed by atoms with Gasteiger partial charge in [-0.25, -0.2) is 4.79 Å². The topological polar surface area (TPSA) is 70.5 Å². The maximum Gasteiger partial charge on any atom is 0.326 e. The Balaban J connectivity index is 2.74. The van der Waals surface area contributed by atoms with Gasteiger partial charge in [-0.2, -0.15) is 0 Å². The minimum Gasteiger partial charge on any atom is -0.480 e. The normalized spacial score (nSPS) is 11.6. The van der Waals surface area contributed by atoms with Crippen LogP contribution in [0.5, 0.6) is 0 Å². The molecular formula is C14H18N2O3. The molecule has 1 aromatic rings. The fourth-order valence-corrected chi connectivity index (χ4v) is 1.71. The summed E-state index contributed by atoms with van der Waals surface area (Å²) in [7, 11) is 1.51. The number of allylic oxidation sites excluding steroid dienone is 1. The Bertz CT molecular complexity index is 445. The molecule has 0 aliphatic heterocycles. The number of nitrogens with zero attached hydrogens (tertiary/aromatic N) is 2. The van der Waals surface area contributed by atoms with Gasteiger partial charge in [-0.05, 0) is 18.1 Å². The van der Waals surface area contributed by atoms with Crippen LogP contribution in [-0.4, -0.2) is 40.0 Å². The summed E-state index contributed by atoms with van der Waals surface area (Å²) in [6, 6.07) is 2.67. The standard InChI is InChI=1S/C14H18N2O3/c1-3-4-7-13(17)16(2)12(14(18)19)9-11-6-5-8-15-10-11/h3,5-6,8,10,12H,1,4,7,9H2,2H3,(H,18,19). The fraction of sp³-hybridized carbons (Fsp3) is 0.357. The Kier molecular flexibility index (Phi) is 5.73. The number of hydrogen-bond acceptors (Lipinski definition) is 3. The molecule has 0 radical (unpaired) electrons. The van der Waals surface area contributed by atoms with Crippen LogP contribution in [0.25, 0.3) is 0 Å². The second kappa shape index (κ2) is 7.31. The van der Waals surface area contributed by atoms with E-state index in [1.54, 1.807) is 30.6 Å². The van der Waals surface area contributed by atoms with Gasteiger partial charge in [0.1, 0.15) is 6.04 Å². The number of carbonyl (C=O) groups excluding carboxylic acids is 1. The maximum atomic E-state index is 11.8. The van der Waals surface area contributed by atoms with Crippen LogP contribution in [0, 0.1) is 0 Å². The van der Waals surface area contributed by atoms with E-state index in [-0.39, 0.29) is 18.7 Å². The van der Waals surface area contributed by atoms with Gasteiger partial charge < -0.3 is 10.0 Å². The van der Waals surface area contributed by atoms with E-state index in [2.05, 4.69) is 11.6 Å². The first kappa shape index (κ1) is 14.9. The predicted octanol–water partition coefficient (Wildman–Crippen LogP) is 1.50. The van der Waals surface area contributed by atoms with Crippen molar-refractivity contribution in [2.75, 3.05) is 7.05 Å². The van der Waals surface area contributed by atoms with Crippen LogP contribution in [-0.2, 0) is 16.0 Å². The molecule has 1 heterocycles. The average molecular weight is 262 g/mol. The number of likely N-dealkylation sites (N-methyl/N-ethyl adjacent to an activating group) is 1. The molecule has 1 N–H and O–H groups in total. The number of amides is 1. The van der Waals surface area contributed by atoms with Crippen LogP contribution in [0.15, 0.2) is 37.2 Å². The van der Waals surface area contributed by atoms with Crippen molar-refractivity contribution in [2.45, 2.75) is 25.3 Å². The summed E-state index contributed by atoms with van der Waals surface area (Å²) in [5.74, 6) is -1.21. The number of rotatable bonds is 7. The maximum absolute atomic E-state index is 11.8. The van der Waals surface area contributed by atoms with Crippen LogP contribution in [0.1, 0.15) is 18.4 Å². The van der Waals surface area contributed by atoms with Crippen molar-refractivity contribution in [2.24, 2.45) is 0 Å². The van der Waals surface area contributed by atoms with Crippen LogP contribution in [0.2, 0.25) is 0 Å². The van der Waals surface area contributed by atoms with Gasteiger partial charge in [0.15, 0.2) is 0 Å². The predicted molar refractivity (Wildman–Crippen MR) is 71.6 cm³/mol. The highest BCUT2D eigenvalue weighted by Gasteiger charge is 2.26. The summed E-state index contributed by atoms with van der Waals surface area (Å²) in [6.45, 7) is 3.54. The van der Waals surface area contributed by atoms with Gasteiger partial charge in [-0.3, -0.25) is 9.78 Å². The Labute approximate surface area is 112 Å². The molecule has 0 saturated carbocycles. The van der Waals surface area contributed by atoms with Gasteiger partial charge in [-0.15, -0.1) is 6.58 Å². The number of carboxylic acid groups (broad SMARTS) is 1. The average Bonchev–Trinajstić information content (AvgIpc) is 2.42. The number of carbonyl (C=O) groups is 2. The van der Waals surface area contributed by atoms with E-state index in [1.807, 2.05) is 0 Å². The zero-order chi connectivity index (χ0) is 14.3. The van der Waals surface area contributed by atoms with Crippen molar-refractivity contribution in [1.29, 1.82) is 0 Å². The molecule has 1 atom stereocenters. The third-order valence-corrected chi connectivity index (χ3v) is 2.86. The molecule has 5 heteroatoms. The molecule has 102 valence electrons. The molecule has 0 aliphatic carbocycles. The van der Waals surface area contributed by atoms with Crippen LogP contribution in [0.3, 0.4) is 0 Å². The number of carboxylic acids is 1. The van der Waals surface area contributed by atoms with Gasteiger partial charge in [0, 0.05) is 32.3 Å². The zero-order valence-corrected chi connectivity index (χ0v) is 11.0. The van der Waals surface area contributed by atoms with Crippen molar-refractivity contribution in [3.05, 3.63) is 42.7 Å². The minimum absolute atomic E-state index is 0.198. The summed E-state index contributed by atoms with van der Waals surface area (Å²) < 4.78 is 0. The first-order chi connectivity index (χ1) is 9.06. The summed E-state index contributed by atoms with van der Waals surface area (Å²) >= 11 is 0. The smallest absolute Gasteiger partial charge is 0.326 e. The van der Waals surface area contributed by atoms with Crippen LogP contribution < -0.4 is 0 Å². The zero-order valence-electron chi connectivity index (χ0n) is 11.0. The molecule has 1 amide bonds. The van der Waals surface area contributed by atoms with Gasteiger partial charge in [0.05, 0.1) is 0 Å². The first-order valence-corrected chi connectivity index (χ1v) is 6.04. The van der Waals surface area contributed by atoms with Gasteiger partial charge >= 0.3 is 5.97 Å². The van der Waals surface area contributed by atoms with E-state index >= 15 is 0 Å². The Hall–Kier alpha value is -2.17. The van der Waals surface area contributed by atoms with Gasteiger partial charge in [0.2, 0.25) is 5.91 Å². The third kappa shape index (κ3) is 4.54. The van der Waals surface area contributed by atoms with E-state index in [0.29, 0.717) is 6.42 Å². The largest absolute Gasteiger partial charge is 0.480 e. The molecule has 19 heavy (non-hydrogen) atoms. The highest BCUT2D eigenvalue weighted by atomic mass is 16.4. The van der Waals surface area contributed by atoms with Crippen LogP contribution in [0.4, 0.5) is 0 Å². The lowest BCUT2D eigenvalue weighted by atomic mass is 10.1. The fourth-order valence-electron chi connectivity index (χ4n) is 1.71. The highest BCUT2D eigenvalue weighted by molar-refractivity contribution is 5.83. The minimum atomic E-state index is -1.02. The van der Waals surface area contributed by atoms with Crippen molar-refractivity contribution in [1.82, 2.24) is 9.88 Å². The van der Waals surface area contributed by atoms with Gasteiger partial charge in [0.25, 0.3) is 0 Å². The lowest BCUT2D eigenvalue weighted by Gasteiger charge is -2.24. The molecule has 1 aromatic heterocycles. The first-order valence-electron chi connectivity index (χ1n) is 6.04. The second-order valence-electron chi connectivity index (χ2n) is 4.25. The Morgan fingerprint density at radius 2 is 2.32 bits per heavy atom. The summed E-state index contributed by atoms with van der Waals surface area (Å²) in [4.78, 5) is 28.3. The monoisotopic (exact) mass is 262 g/mol. The quantitative estimate of drug-likeness (QED) is 0.756. The van der Waals surface area contributed by atoms with Gasteiger partial charge in [-0.1, -0.05) is 12.1 Å².